The molecule has 1 unspecified atom stereocenters. The van der Waals surface area contributed by atoms with Crippen LogP contribution < -0.4 is 21.7 Å². The SMILES string of the molecule is CC(Nc1nc(N)nc(N)c1C#N)c1nc2ccn(C)c2cc1N1CC(O)C1. The Hall–Kier alpha value is -3.58. The third kappa shape index (κ3) is 2.91. The highest BCUT2D eigenvalue weighted by molar-refractivity contribution is 5.81. The Morgan fingerprint density at radius 3 is 2.75 bits per heavy atom. The summed E-state index contributed by atoms with van der Waals surface area (Å²) in [7, 11) is 1.96. The topological polar surface area (TPSA) is 155 Å². The number of nitrogen functional groups attached to an aromatic ring is 2. The van der Waals surface area contributed by atoms with Crippen LogP contribution in [0.15, 0.2) is 18.3 Å². The number of rotatable bonds is 4. The van der Waals surface area contributed by atoms with Crippen LogP contribution in [0.5, 0.6) is 0 Å². The van der Waals surface area contributed by atoms with Gasteiger partial charge in [0.05, 0.1) is 34.6 Å². The number of nitrogens with zero attached hydrogens (tertiary/aromatic N) is 6. The number of aromatic nitrogens is 4. The van der Waals surface area contributed by atoms with Gasteiger partial charge in [-0.3, -0.25) is 0 Å². The molecule has 0 radical (unpaired) electrons. The Morgan fingerprint density at radius 2 is 2.07 bits per heavy atom. The number of nitrogens with one attached hydrogen (secondary N) is 1. The van der Waals surface area contributed by atoms with Crippen molar-refractivity contribution < 1.29 is 5.11 Å². The van der Waals surface area contributed by atoms with E-state index in [0.29, 0.717) is 13.1 Å². The summed E-state index contributed by atoms with van der Waals surface area (Å²) in [5.74, 6) is 0.288. The number of aliphatic hydroxyl groups is 1. The van der Waals surface area contributed by atoms with Crippen LogP contribution in [0.2, 0.25) is 0 Å². The van der Waals surface area contributed by atoms with E-state index >= 15 is 0 Å². The molecule has 3 aromatic rings. The normalized spacial score (nSPS) is 15.3. The number of fused-ring (bicyclic) bond motifs is 1. The van der Waals surface area contributed by atoms with Gasteiger partial charge in [0.25, 0.3) is 0 Å². The van der Waals surface area contributed by atoms with Gasteiger partial charge in [-0.05, 0) is 19.1 Å². The number of aryl methyl sites for hydroxylation is 1. The van der Waals surface area contributed by atoms with Crippen LogP contribution in [0, 0.1) is 11.3 Å². The van der Waals surface area contributed by atoms with Crippen molar-refractivity contribution in [1.82, 2.24) is 19.5 Å². The standard InChI is InChI=1S/C18H21N9O/c1-9(22-17-11(6-19)16(20)24-18(21)25-17)15-14(27-7-10(28)8-27)5-13-12(23-15)3-4-26(13)2/h3-5,9-10,28H,7-8H2,1-2H3,(H5,20,21,22,24,25). The van der Waals surface area contributed by atoms with E-state index in [1.807, 2.05) is 36.9 Å². The average Bonchev–Trinajstić information content (AvgIpc) is 2.98. The molecule has 0 aromatic carbocycles. The maximum atomic E-state index is 9.74. The molecule has 0 bridgehead atoms. The smallest absolute Gasteiger partial charge is 0.224 e. The van der Waals surface area contributed by atoms with E-state index < -0.39 is 0 Å². The lowest BCUT2D eigenvalue weighted by molar-refractivity contribution is 0.141. The summed E-state index contributed by atoms with van der Waals surface area (Å²) >= 11 is 0. The Morgan fingerprint density at radius 1 is 1.32 bits per heavy atom. The van der Waals surface area contributed by atoms with Crippen LogP contribution in [0.1, 0.15) is 24.2 Å². The lowest BCUT2D eigenvalue weighted by atomic mass is 10.1. The van der Waals surface area contributed by atoms with E-state index in [-0.39, 0.29) is 35.3 Å². The first-order chi connectivity index (χ1) is 13.4. The molecule has 3 aromatic heterocycles. The van der Waals surface area contributed by atoms with Gasteiger partial charge in [-0.1, -0.05) is 0 Å². The average molecular weight is 379 g/mol. The summed E-state index contributed by atoms with van der Waals surface area (Å²) in [6.45, 7) is 3.02. The molecular formula is C18H21N9O. The minimum atomic E-state index is -0.341. The van der Waals surface area contributed by atoms with E-state index in [1.54, 1.807) is 0 Å². The van der Waals surface area contributed by atoms with Crippen LogP contribution in [-0.4, -0.2) is 43.8 Å². The Kier molecular flexibility index (Phi) is 4.16. The van der Waals surface area contributed by atoms with Crippen molar-refractivity contribution in [3.63, 3.8) is 0 Å². The molecule has 10 heteroatoms. The molecular weight excluding hydrogens is 358 g/mol. The zero-order valence-electron chi connectivity index (χ0n) is 15.6. The second-order valence-corrected chi connectivity index (χ2v) is 6.95. The molecule has 1 saturated heterocycles. The summed E-state index contributed by atoms with van der Waals surface area (Å²) in [6.07, 6.45) is 1.61. The van der Waals surface area contributed by atoms with Gasteiger partial charge in [0.15, 0.2) is 5.82 Å². The number of β-amino-alcohol motifs (C(OH)–C–C–N with tert-alkyl or cyclic N) is 1. The molecule has 1 aliphatic heterocycles. The Labute approximate surface area is 161 Å². The van der Waals surface area contributed by atoms with Crippen molar-refractivity contribution in [3.8, 4) is 6.07 Å². The first-order valence-electron chi connectivity index (χ1n) is 8.86. The summed E-state index contributed by atoms with van der Waals surface area (Å²) in [4.78, 5) is 14.9. The van der Waals surface area contributed by atoms with Gasteiger partial charge in [0.2, 0.25) is 5.95 Å². The van der Waals surface area contributed by atoms with Crippen molar-refractivity contribution in [2.24, 2.45) is 7.05 Å². The molecule has 0 spiro atoms. The Bertz CT molecular complexity index is 1090. The molecule has 6 N–H and O–H groups in total. The monoisotopic (exact) mass is 379 g/mol. The van der Waals surface area contributed by atoms with E-state index in [4.69, 9.17) is 16.5 Å². The third-order valence-corrected chi connectivity index (χ3v) is 4.91. The largest absolute Gasteiger partial charge is 0.389 e. The van der Waals surface area contributed by atoms with Gasteiger partial charge in [-0.25, -0.2) is 4.98 Å². The number of nitrogens with two attached hydrogens (primary N) is 2. The lowest BCUT2D eigenvalue weighted by Gasteiger charge is -2.39. The first kappa shape index (κ1) is 17.8. The van der Waals surface area contributed by atoms with Crippen LogP contribution in [-0.2, 0) is 7.05 Å². The molecule has 1 fully saturated rings. The van der Waals surface area contributed by atoms with Gasteiger partial charge in [0.1, 0.15) is 17.5 Å². The van der Waals surface area contributed by atoms with E-state index in [9.17, 15) is 10.4 Å². The van der Waals surface area contributed by atoms with Gasteiger partial charge >= 0.3 is 0 Å². The fraction of sp³-hybridized carbons (Fsp3) is 0.333. The molecule has 0 saturated carbocycles. The van der Waals surface area contributed by atoms with Gasteiger partial charge in [-0.15, -0.1) is 0 Å². The minimum absolute atomic E-state index is 0.0104. The van der Waals surface area contributed by atoms with E-state index in [1.165, 1.54) is 0 Å². The molecule has 144 valence electrons. The lowest BCUT2D eigenvalue weighted by Crippen LogP contribution is -2.51. The molecule has 4 rings (SSSR count). The summed E-state index contributed by atoms with van der Waals surface area (Å²) < 4.78 is 2.00. The number of nitriles is 1. The van der Waals surface area contributed by atoms with Crippen molar-refractivity contribution in [3.05, 3.63) is 29.6 Å². The van der Waals surface area contributed by atoms with Gasteiger partial charge in [0, 0.05) is 26.3 Å². The number of anilines is 4. The first-order valence-corrected chi connectivity index (χ1v) is 8.86. The van der Waals surface area contributed by atoms with Crippen LogP contribution in [0.3, 0.4) is 0 Å². The number of pyridine rings is 1. The summed E-state index contributed by atoms with van der Waals surface area (Å²) in [5, 5.41) is 22.3. The number of hydrogen-bond donors (Lipinski definition) is 4. The maximum absolute atomic E-state index is 9.74. The molecule has 0 aliphatic carbocycles. The highest BCUT2D eigenvalue weighted by Gasteiger charge is 2.29. The van der Waals surface area contributed by atoms with Crippen LogP contribution in [0.25, 0.3) is 11.0 Å². The number of aliphatic hydroxyl groups excluding tert-OH is 1. The highest BCUT2D eigenvalue weighted by atomic mass is 16.3. The van der Waals surface area contributed by atoms with Crippen molar-refractivity contribution in [1.29, 1.82) is 5.26 Å². The molecule has 10 nitrogen and oxygen atoms in total. The van der Waals surface area contributed by atoms with Crippen molar-refractivity contribution >= 4 is 34.3 Å². The molecule has 4 heterocycles. The molecule has 28 heavy (non-hydrogen) atoms. The summed E-state index contributed by atoms with van der Waals surface area (Å²) in [6, 6.07) is 5.73. The maximum Gasteiger partial charge on any atom is 0.224 e. The highest BCUT2D eigenvalue weighted by Crippen LogP contribution is 2.34. The van der Waals surface area contributed by atoms with E-state index in [0.717, 1.165) is 22.4 Å². The van der Waals surface area contributed by atoms with E-state index in [2.05, 4.69) is 26.3 Å². The molecule has 1 aliphatic rings. The van der Waals surface area contributed by atoms with Crippen LogP contribution >= 0.6 is 0 Å². The summed E-state index contributed by atoms with van der Waals surface area (Å²) in [5.41, 5.74) is 15.2. The fourth-order valence-electron chi connectivity index (χ4n) is 3.40. The Balaban J connectivity index is 1.76. The predicted molar refractivity (Wildman–Crippen MR) is 107 cm³/mol. The van der Waals surface area contributed by atoms with Crippen LogP contribution in [0.4, 0.5) is 23.3 Å². The second-order valence-electron chi connectivity index (χ2n) is 6.95. The number of hydrogen-bond acceptors (Lipinski definition) is 9. The van der Waals surface area contributed by atoms with Gasteiger partial charge < -0.3 is 31.4 Å². The zero-order chi connectivity index (χ0) is 20.0. The van der Waals surface area contributed by atoms with Gasteiger partial charge in [-0.2, -0.15) is 15.2 Å². The minimum Gasteiger partial charge on any atom is -0.389 e. The zero-order valence-corrected chi connectivity index (χ0v) is 15.6. The third-order valence-electron chi connectivity index (χ3n) is 4.91. The predicted octanol–water partition coefficient (Wildman–Crippen LogP) is 0.753. The fourth-order valence-corrected chi connectivity index (χ4v) is 3.40. The van der Waals surface area contributed by atoms with Crippen molar-refractivity contribution in [2.75, 3.05) is 34.8 Å². The quantitative estimate of drug-likeness (QED) is 0.514. The second kappa shape index (κ2) is 6.54. The molecule has 0 amide bonds. The van der Waals surface area contributed by atoms with Crippen molar-refractivity contribution in [2.45, 2.75) is 19.1 Å². The molecule has 1 atom stereocenters.